The van der Waals surface area contributed by atoms with Gasteiger partial charge in [0.05, 0.1) is 4.90 Å². The molecule has 0 radical (unpaired) electrons. The molecular weight excluding hydrogens is 294 g/mol. The lowest BCUT2D eigenvalue weighted by molar-refractivity contribution is 0.482. The van der Waals surface area contributed by atoms with Crippen LogP contribution in [-0.4, -0.2) is 19.7 Å². The van der Waals surface area contributed by atoms with Crippen LogP contribution in [0.3, 0.4) is 0 Å². The van der Waals surface area contributed by atoms with Crippen molar-refractivity contribution in [3.8, 4) is 11.5 Å². The van der Waals surface area contributed by atoms with Gasteiger partial charge in [0, 0.05) is 11.8 Å². The summed E-state index contributed by atoms with van der Waals surface area (Å²) in [6, 6.07) is 13.3. The van der Waals surface area contributed by atoms with Gasteiger partial charge in [0.2, 0.25) is 0 Å². The van der Waals surface area contributed by atoms with E-state index in [2.05, 4.69) is 0 Å². The molecule has 0 heterocycles. The zero-order chi connectivity index (χ0) is 14.8. The summed E-state index contributed by atoms with van der Waals surface area (Å²) in [4.78, 5) is 0.586. The quantitative estimate of drug-likeness (QED) is 0.879. The molecule has 2 aromatic carbocycles. The highest BCUT2D eigenvalue weighted by Crippen LogP contribution is 2.23. The third-order valence-electron chi connectivity index (χ3n) is 2.63. The molecule has 0 saturated heterocycles. The summed E-state index contributed by atoms with van der Waals surface area (Å²) in [7, 11) is -3.19. The molecule has 2 N–H and O–H groups in total. The molecule has 2 aromatic rings. The van der Waals surface area contributed by atoms with Gasteiger partial charge in [-0.15, -0.1) is 0 Å². The van der Waals surface area contributed by atoms with Gasteiger partial charge in [0.15, 0.2) is 9.84 Å². The van der Waals surface area contributed by atoms with Crippen molar-refractivity contribution < 1.29 is 13.2 Å². The van der Waals surface area contributed by atoms with Crippen molar-refractivity contribution in [3.63, 3.8) is 0 Å². The highest BCUT2D eigenvalue weighted by molar-refractivity contribution is 7.90. The van der Waals surface area contributed by atoms with Gasteiger partial charge in [0.25, 0.3) is 0 Å². The third kappa shape index (κ3) is 3.55. The van der Waals surface area contributed by atoms with Crippen molar-refractivity contribution in [2.24, 2.45) is 5.73 Å². The van der Waals surface area contributed by atoms with Crippen LogP contribution in [0.4, 0.5) is 0 Å². The molecule has 0 unspecified atom stereocenters. The van der Waals surface area contributed by atoms with Gasteiger partial charge in [-0.25, -0.2) is 8.42 Å². The second-order valence-electron chi connectivity index (χ2n) is 4.23. The van der Waals surface area contributed by atoms with Crippen molar-refractivity contribution in [2.75, 3.05) is 6.26 Å². The molecule has 0 aromatic heterocycles. The lowest BCUT2D eigenvalue weighted by atomic mass is 10.2. The van der Waals surface area contributed by atoms with Gasteiger partial charge in [0.1, 0.15) is 16.5 Å². The SMILES string of the molecule is CS(=O)(=O)c1ccc(Oc2ccc(C(N)=S)cc2)cc1. The minimum atomic E-state index is -3.19. The Balaban J connectivity index is 2.16. The standard InChI is InChI=1S/C14H13NO3S2/c1-20(16,17)13-8-6-12(7-9-13)18-11-4-2-10(3-5-11)14(15)19/h2-9H,1H3,(H2,15,19). The van der Waals surface area contributed by atoms with Gasteiger partial charge >= 0.3 is 0 Å². The Morgan fingerprint density at radius 3 is 1.85 bits per heavy atom. The van der Waals surface area contributed by atoms with E-state index in [1.165, 1.54) is 12.1 Å². The molecule has 6 heteroatoms. The van der Waals surface area contributed by atoms with Crippen LogP contribution in [0.2, 0.25) is 0 Å². The Hall–Kier alpha value is -1.92. The first kappa shape index (κ1) is 14.5. The molecule has 0 saturated carbocycles. The molecule has 4 nitrogen and oxygen atoms in total. The van der Waals surface area contributed by atoms with Crippen molar-refractivity contribution >= 4 is 27.0 Å². The molecule has 0 aliphatic rings. The average molecular weight is 307 g/mol. The van der Waals surface area contributed by atoms with E-state index in [1.54, 1.807) is 36.4 Å². The van der Waals surface area contributed by atoms with E-state index in [-0.39, 0.29) is 4.90 Å². The molecular formula is C14H13NO3S2. The van der Waals surface area contributed by atoms with E-state index in [4.69, 9.17) is 22.7 Å². The minimum absolute atomic E-state index is 0.258. The molecule has 2 rings (SSSR count). The minimum Gasteiger partial charge on any atom is -0.457 e. The number of benzene rings is 2. The lowest BCUT2D eigenvalue weighted by Gasteiger charge is -2.07. The fourth-order valence-corrected chi connectivity index (χ4v) is 2.34. The van der Waals surface area contributed by atoms with E-state index >= 15 is 0 Å². The predicted molar refractivity (Wildman–Crippen MR) is 82.0 cm³/mol. The first-order chi connectivity index (χ1) is 9.36. The second kappa shape index (κ2) is 5.60. The maximum Gasteiger partial charge on any atom is 0.175 e. The van der Waals surface area contributed by atoms with Gasteiger partial charge in [-0.2, -0.15) is 0 Å². The Labute approximate surface area is 123 Å². The molecule has 0 atom stereocenters. The van der Waals surface area contributed by atoms with Crippen LogP contribution in [0.25, 0.3) is 0 Å². The maximum absolute atomic E-state index is 11.3. The van der Waals surface area contributed by atoms with Crippen LogP contribution >= 0.6 is 12.2 Å². The lowest BCUT2D eigenvalue weighted by Crippen LogP contribution is -2.08. The first-order valence-electron chi connectivity index (χ1n) is 5.74. The summed E-state index contributed by atoms with van der Waals surface area (Å²) in [6.07, 6.45) is 1.16. The van der Waals surface area contributed by atoms with Gasteiger partial charge in [-0.3, -0.25) is 0 Å². The zero-order valence-corrected chi connectivity index (χ0v) is 12.4. The fourth-order valence-electron chi connectivity index (χ4n) is 1.58. The number of ether oxygens (including phenoxy) is 1. The normalized spacial score (nSPS) is 11.1. The Morgan fingerprint density at radius 2 is 1.45 bits per heavy atom. The van der Waals surface area contributed by atoms with Crippen molar-refractivity contribution in [1.29, 1.82) is 0 Å². The molecule has 0 bridgehead atoms. The van der Waals surface area contributed by atoms with E-state index < -0.39 is 9.84 Å². The second-order valence-corrected chi connectivity index (χ2v) is 6.69. The number of hydrogen-bond donors (Lipinski definition) is 1. The highest BCUT2D eigenvalue weighted by Gasteiger charge is 2.06. The number of hydrogen-bond acceptors (Lipinski definition) is 4. The van der Waals surface area contributed by atoms with Crippen molar-refractivity contribution in [1.82, 2.24) is 0 Å². The monoisotopic (exact) mass is 307 g/mol. The van der Waals surface area contributed by atoms with Crippen molar-refractivity contribution in [3.05, 3.63) is 54.1 Å². The average Bonchev–Trinajstić information content (AvgIpc) is 2.39. The molecule has 104 valence electrons. The molecule has 0 aliphatic carbocycles. The Kier molecular flexibility index (Phi) is 4.06. The van der Waals surface area contributed by atoms with Crippen LogP contribution in [0.5, 0.6) is 11.5 Å². The molecule has 0 fully saturated rings. The predicted octanol–water partition coefficient (Wildman–Crippen LogP) is 2.52. The topological polar surface area (TPSA) is 69.4 Å². The maximum atomic E-state index is 11.3. The fraction of sp³-hybridized carbons (Fsp3) is 0.0714. The summed E-state index contributed by atoms with van der Waals surface area (Å²) < 4.78 is 28.3. The van der Waals surface area contributed by atoms with Crippen LogP contribution in [-0.2, 0) is 9.84 Å². The zero-order valence-electron chi connectivity index (χ0n) is 10.7. The number of nitrogens with two attached hydrogens (primary N) is 1. The van der Waals surface area contributed by atoms with Gasteiger partial charge in [-0.1, -0.05) is 12.2 Å². The smallest absolute Gasteiger partial charge is 0.175 e. The summed E-state index contributed by atoms with van der Waals surface area (Å²) in [5, 5.41) is 0. The van der Waals surface area contributed by atoms with Crippen LogP contribution in [0.1, 0.15) is 5.56 Å². The van der Waals surface area contributed by atoms with Gasteiger partial charge in [-0.05, 0) is 48.5 Å². The van der Waals surface area contributed by atoms with Crippen molar-refractivity contribution in [2.45, 2.75) is 4.90 Å². The summed E-state index contributed by atoms with van der Waals surface area (Å²) in [5.41, 5.74) is 6.27. The van der Waals surface area contributed by atoms with Crippen LogP contribution in [0, 0.1) is 0 Å². The third-order valence-corrected chi connectivity index (χ3v) is 3.99. The van der Waals surface area contributed by atoms with E-state index in [0.717, 1.165) is 11.8 Å². The first-order valence-corrected chi connectivity index (χ1v) is 8.04. The molecule has 20 heavy (non-hydrogen) atoms. The highest BCUT2D eigenvalue weighted by atomic mass is 32.2. The van der Waals surface area contributed by atoms with Crippen LogP contribution < -0.4 is 10.5 Å². The Bertz CT molecular complexity index is 720. The molecule has 0 aliphatic heterocycles. The molecule has 0 amide bonds. The summed E-state index contributed by atoms with van der Waals surface area (Å²) in [5.74, 6) is 1.18. The van der Waals surface area contributed by atoms with Gasteiger partial charge < -0.3 is 10.5 Å². The number of sulfone groups is 1. The van der Waals surface area contributed by atoms with Crippen LogP contribution in [0.15, 0.2) is 53.4 Å². The Morgan fingerprint density at radius 1 is 1.00 bits per heavy atom. The summed E-state index contributed by atoms with van der Waals surface area (Å²) in [6.45, 7) is 0. The summed E-state index contributed by atoms with van der Waals surface area (Å²) >= 11 is 4.86. The van der Waals surface area contributed by atoms with E-state index in [0.29, 0.717) is 16.5 Å². The largest absolute Gasteiger partial charge is 0.457 e. The van der Waals surface area contributed by atoms with E-state index in [1.807, 2.05) is 0 Å². The number of rotatable bonds is 4. The molecule has 0 spiro atoms. The van der Waals surface area contributed by atoms with E-state index in [9.17, 15) is 8.42 Å². The number of thiocarbonyl (C=S) groups is 1.